The molecule has 0 aromatic rings. The molecule has 0 saturated carbocycles. The van der Waals surface area contributed by atoms with Crippen molar-refractivity contribution >= 4 is 5.78 Å². The Hall–Kier alpha value is 0.772. The van der Waals surface area contributed by atoms with Crippen LogP contribution in [-0.2, 0) is 4.79 Å². The summed E-state index contributed by atoms with van der Waals surface area (Å²) in [6.45, 7) is 15.9. The predicted molar refractivity (Wildman–Crippen MR) is 90.4 cm³/mol. The molecule has 127 valence electrons. The summed E-state index contributed by atoms with van der Waals surface area (Å²) >= 11 is 0. The number of rotatable bonds is 6. The van der Waals surface area contributed by atoms with Crippen LogP contribution in [0.4, 0.5) is 0 Å². The summed E-state index contributed by atoms with van der Waals surface area (Å²) in [6, 6.07) is -0.481. The molecule has 0 saturated heterocycles. The third-order valence-electron chi connectivity index (χ3n) is 4.13. The number of carbonyl (C=O) groups excluding carboxylic acids is 1. The Kier molecular flexibility index (Phi) is 11.3. The van der Waals surface area contributed by atoms with E-state index >= 15 is 0 Å². The minimum Gasteiger partial charge on any atom is -0.391 e. The fourth-order valence-corrected chi connectivity index (χ4v) is 2.22. The van der Waals surface area contributed by atoms with Crippen molar-refractivity contribution in [3.05, 3.63) is 12.2 Å². The first kappa shape index (κ1) is 25.0. The van der Waals surface area contributed by atoms with Gasteiger partial charge in [-0.3, -0.25) is 9.69 Å². The Morgan fingerprint density at radius 3 is 1.95 bits per heavy atom. The summed E-state index contributed by atoms with van der Waals surface area (Å²) in [4.78, 5) is 14.9. The maximum Gasteiger partial charge on any atom is 0.157 e. The van der Waals surface area contributed by atoms with Crippen molar-refractivity contribution in [1.82, 2.24) is 4.90 Å². The number of likely N-dealkylation sites (N-methyl/N-ethyl adjacent to an activating group) is 1. The van der Waals surface area contributed by atoms with Crippen molar-refractivity contribution in [3.8, 4) is 0 Å². The molecule has 0 rings (SSSR count). The van der Waals surface area contributed by atoms with Gasteiger partial charge in [-0.25, -0.2) is 0 Å². The zero-order valence-corrected chi connectivity index (χ0v) is 20.7. The quantitative estimate of drug-likeness (QED) is 0.540. The first-order valence-electron chi connectivity index (χ1n) is 7.90. The van der Waals surface area contributed by atoms with E-state index < -0.39 is 17.6 Å². The van der Waals surface area contributed by atoms with E-state index in [-0.39, 0.29) is 61.3 Å². The van der Waals surface area contributed by atoms with Crippen LogP contribution in [0.3, 0.4) is 0 Å². The number of nitrogens with zero attached hydrogens (tertiary/aromatic N) is 1. The first-order chi connectivity index (χ1) is 9.34. The van der Waals surface area contributed by atoms with Crippen molar-refractivity contribution in [1.29, 1.82) is 0 Å². The van der Waals surface area contributed by atoms with Crippen molar-refractivity contribution in [2.45, 2.75) is 79.5 Å². The molecule has 0 aliphatic carbocycles. The van der Waals surface area contributed by atoms with E-state index in [1.54, 1.807) is 0 Å². The van der Waals surface area contributed by atoms with Crippen LogP contribution in [0.2, 0.25) is 0 Å². The normalized spacial score (nSPS) is 17.2. The molecule has 0 spiro atoms. The molecule has 3 unspecified atom stereocenters. The Morgan fingerprint density at radius 1 is 1.18 bits per heavy atom. The Balaban J connectivity index is 0. The van der Waals surface area contributed by atoms with Gasteiger partial charge in [0.05, 0.1) is 12.1 Å². The van der Waals surface area contributed by atoms with Crippen LogP contribution in [0.5, 0.6) is 0 Å². The van der Waals surface area contributed by atoms with Gasteiger partial charge in [0.15, 0.2) is 5.78 Å². The van der Waals surface area contributed by atoms with Crippen LogP contribution in [0, 0.1) is 55.4 Å². The molecule has 3 nitrogen and oxygen atoms in total. The molecule has 3 atom stereocenters. The van der Waals surface area contributed by atoms with Crippen LogP contribution in [-0.4, -0.2) is 40.5 Å². The van der Waals surface area contributed by atoms with E-state index in [0.29, 0.717) is 0 Å². The van der Waals surface area contributed by atoms with Crippen LogP contribution >= 0.6 is 0 Å². The molecule has 22 heavy (non-hydrogen) atoms. The minimum absolute atomic E-state index is 0. The van der Waals surface area contributed by atoms with E-state index in [2.05, 4.69) is 20.8 Å². The molecule has 0 aliphatic rings. The summed E-state index contributed by atoms with van der Waals surface area (Å²) < 4.78 is 0. The van der Waals surface area contributed by atoms with Gasteiger partial charge in [0.2, 0.25) is 0 Å². The van der Waals surface area contributed by atoms with Crippen LogP contribution < -0.4 is 0 Å². The molecule has 0 aromatic carbocycles. The van der Waals surface area contributed by atoms with E-state index in [4.69, 9.17) is 0 Å². The van der Waals surface area contributed by atoms with E-state index in [0.717, 1.165) is 6.42 Å². The first-order valence-corrected chi connectivity index (χ1v) is 7.90. The maximum absolute atomic E-state index is 12.9. The number of Topliss-reactive ketones (excluding diaryl/α,β-unsaturated/α-hetero) is 1. The number of aliphatic hydroxyl groups excluding tert-OH is 1. The molecule has 0 amide bonds. The molecule has 1 radical (unpaired) electrons. The van der Waals surface area contributed by atoms with Crippen molar-refractivity contribution in [2.75, 3.05) is 7.05 Å². The Bertz CT molecular complexity index is 366. The molecule has 0 heterocycles. The van der Waals surface area contributed by atoms with Crippen LogP contribution in [0.1, 0.15) is 61.8 Å². The molecular weight excluding hydrogens is 489 g/mol. The molecule has 0 aliphatic heterocycles. The second kappa shape index (κ2) is 9.92. The van der Waals surface area contributed by atoms with Crippen LogP contribution in [0.15, 0.2) is 12.2 Å². The second-order valence-corrected chi connectivity index (χ2v) is 8.11. The smallest absolute Gasteiger partial charge is 0.157 e. The van der Waals surface area contributed by atoms with Gasteiger partial charge >= 0.3 is 0 Å². The summed E-state index contributed by atoms with van der Waals surface area (Å²) in [6.07, 6.45) is 4.14. The largest absolute Gasteiger partial charge is 0.391 e. The van der Waals surface area contributed by atoms with Gasteiger partial charge in [0.1, 0.15) is 0 Å². The number of hydrogen-bond acceptors (Lipinski definition) is 3. The van der Waals surface area contributed by atoms with Crippen LogP contribution in [0.25, 0.3) is 0 Å². The standard InChI is InChI=1S/C18H35NO2.Ac/c1-10-11-12-13(2)15(20)14(16(21)17(3,4)5)19(9)18(6,7)8;/h10-11,13-15,20H,12H2,1-9H3;/b11-10+;. The third kappa shape index (κ3) is 7.56. The van der Waals surface area contributed by atoms with E-state index in [1.165, 1.54) is 0 Å². The minimum atomic E-state index is -0.669. The van der Waals surface area contributed by atoms with Gasteiger partial charge in [-0.2, -0.15) is 0 Å². The van der Waals surface area contributed by atoms with Gasteiger partial charge in [0, 0.05) is 55.0 Å². The number of allylic oxidation sites excluding steroid dienone is 2. The van der Waals surface area contributed by atoms with Gasteiger partial charge < -0.3 is 5.11 Å². The Morgan fingerprint density at radius 2 is 1.64 bits per heavy atom. The van der Waals surface area contributed by atoms with Gasteiger partial charge in [-0.15, -0.1) is 0 Å². The third-order valence-corrected chi connectivity index (χ3v) is 4.13. The fraction of sp³-hybridized carbons (Fsp3) is 0.833. The van der Waals surface area contributed by atoms with Crippen molar-refractivity contribution in [2.24, 2.45) is 11.3 Å². The summed E-state index contributed by atoms with van der Waals surface area (Å²) in [5.41, 5.74) is -0.641. The molecule has 0 fully saturated rings. The summed E-state index contributed by atoms with van der Waals surface area (Å²) in [5, 5.41) is 10.8. The Labute approximate surface area is 173 Å². The SMILES string of the molecule is C/C=C/CC(C)C(O)C(C(=O)C(C)(C)C)N(C)C(C)(C)C.[Ac]. The van der Waals surface area contributed by atoms with E-state index in [9.17, 15) is 9.90 Å². The zero-order chi connectivity index (χ0) is 17.0. The molecule has 1 N–H and O–H groups in total. The predicted octanol–water partition coefficient (Wildman–Crippen LogP) is 3.66. The summed E-state index contributed by atoms with van der Waals surface area (Å²) in [5.74, 6) is 0.141. The van der Waals surface area contributed by atoms with Gasteiger partial charge in [-0.05, 0) is 47.1 Å². The average molecular weight is 524 g/mol. The van der Waals surface area contributed by atoms with Gasteiger partial charge in [-0.1, -0.05) is 39.8 Å². The number of aliphatic hydroxyl groups is 1. The number of hydrogen-bond donors (Lipinski definition) is 1. The molecule has 0 bridgehead atoms. The molecule has 4 heteroatoms. The average Bonchev–Trinajstić information content (AvgIpc) is 2.33. The number of ketones is 1. The van der Waals surface area contributed by atoms with Gasteiger partial charge in [0.25, 0.3) is 0 Å². The van der Waals surface area contributed by atoms with Crippen molar-refractivity contribution < 1.29 is 54.0 Å². The second-order valence-electron chi connectivity index (χ2n) is 8.11. The fourth-order valence-electron chi connectivity index (χ4n) is 2.22. The molecular formula is C18H35AcNO2. The van der Waals surface area contributed by atoms with Crippen molar-refractivity contribution in [3.63, 3.8) is 0 Å². The number of carbonyl (C=O) groups is 1. The zero-order valence-electron chi connectivity index (χ0n) is 16.0. The van der Waals surface area contributed by atoms with E-state index in [1.807, 2.05) is 58.7 Å². The molecule has 0 aromatic heterocycles. The maximum atomic E-state index is 12.9. The summed E-state index contributed by atoms with van der Waals surface area (Å²) in [7, 11) is 1.93. The topological polar surface area (TPSA) is 40.5 Å². The monoisotopic (exact) mass is 524 g/mol.